The van der Waals surface area contributed by atoms with Gasteiger partial charge in [-0.3, -0.25) is 9.59 Å². The summed E-state index contributed by atoms with van der Waals surface area (Å²) in [7, 11) is 0. The number of carbonyl (C=O) groups is 1. The van der Waals surface area contributed by atoms with Crippen molar-refractivity contribution >= 4 is 34.6 Å². The summed E-state index contributed by atoms with van der Waals surface area (Å²) in [6.45, 7) is 2.82. The van der Waals surface area contributed by atoms with Gasteiger partial charge in [-0.2, -0.15) is 0 Å². The molecule has 2 aromatic heterocycles. The van der Waals surface area contributed by atoms with Gasteiger partial charge in [-0.05, 0) is 49.4 Å². The van der Waals surface area contributed by atoms with Crippen molar-refractivity contribution in [3.63, 3.8) is 0 Å². The van der Waals surface area contributed by atoms with Crippen molar-refractivity contribution in [1.29, 1.82) is 0 Å². The number of aryl methyl sites for hydroxylation is 1. The van der Waals surface area contributed by atoms with Crippen LogP contribution in [0.4, 0.5) is 0 Å². The molecule has 4 aromatic rings. The van der Waals surface area contributed by atoms with Crippen LogP contribution in [0.25, 0.3) is 28.4 Å². The van der Waals surface area contributed by atoms with Gasteiger partial charge >= 0.3 is 0 Å². The normalized spacial score (nSPS) is 13.6. The third-order valence-electron chi connectivity index (χ3n) is 5.62. The molecule has 6 nitrogen and oxygen atoms in total. The number of rotatable bonds is 3. The highest BCUT2D eigenvalue weighted by atomic mass is 35.5. The molecule has 0 radical (unpaired) electrons. The quantitative estimate of drug-likeness (QED) is 0.413. The van der Waals surface area contributed by atoms with Crippen LogP contribution < -0.4 is 5.43 Å². The van der Waals surface area contributed by atoms with E-state index in [1.807, 2.05) is 25.1 Å². The fraction of sp³-hybridized carbons (Fsp3) is 0.160. The first-order chi connectivity index (χ1) is 15.5. The average Bonchev–Trinajstić information content (AvgIpc) is 3.22. The second-order valence-corrected chi connectivity index (χ2v) is 8.24. The molecule has 160 valence electrons. The predicted molar refractivity (Wildman–Crippen MR) is 122 cm³/mol. The maximum absolute atomic E-state index is 12.9. The number of carbonyl (C=O) groups excluding carboxylic acids is 1. The van der Waals surface area contributed by atoms with Crippen molar-refractivity contribution in [2.75, 3.05) is 6.54 Å². The monoisotopic (exact) mass is 446 g/mol. The van der Waals surface area contributed by atoms with E-state index in [9.17, 15) is 9.59 Å². The smallest absolute Gasteiger partial charge is 0.246 e. The fourth-order valence-corrected chi connectivity index (χ4v) is 4.00. The Balaban J connectivity index is 1.38. The average molecular weight is 447 g/mol. The Morgan fingerprint density at radius 2 is 2.00 bits per heavy atom. The largest absolute Gasteiger partial charge is 0.463 e. The zero-order valence-corrected chi connectivity index (χ0v) is 18.1. The number of fused-ring (bicyclic) bond motifs is 2. The van der Waals surface area contributed by atoms with E-state index in [1.54, 1.807) is 29.2 Å². The number of amides is 1. The van der Waals surface area contributed by atoms with Gasteiger partial charge in [-0.15, -0.1) is 0 Å². The van der Waals surface area contributed by atoms with E-state index in [4.69, 9.17) is 20.5 Å². The summed E-state index contributed by atoms with van der Waals surface area (Å²) in [5, 5.41) is 5.31. The molecule has 0 N–H and O–H groups in total. The van der Waals surface area contributed by atoms with Crippen LogP contribution in [0.15, 0.2) is 68.5 Å². The van der Waals surface area contributed by atoms with Crippen LogP contribution in [0.3, 0.4) is 0 Å². The maximum atomic E-state index is 12.9. The summed E-state index contributed by atoms with van der Waals surface area (Å²) in [4.78, 5) is 27.3. The van der Waals surface area contributed by atoms with E-state index in [0.29, 0.717) is 46.8 Å². The van der Waals surface area contributed by atoms with Crippen LogP contribution in [0.5, 0.6) is 0 Å². The van der Waals surface area contributed by atoms with Crippen molar-refractivity contribution < 1.29 is 13.7 Å². The standard InChI is InChI=1S/C25H19ClN2O4/c1-15-2-8-22-19(12-15)24(30)17(14-31-22)5-9-23(29)28-11-10-21-20(13-28)25(32-27-21)16-3-6-18(26)7-4-16/h2-9,12,14H,10-11,13H2,1H3/b9-5+. The Hall–Kier alpha value is -3.64. The molecule has 0 saturated heterocycles. The van der Waals surface area contributed by atoms with Crippen LogP contribution in [0.1, 0.15) is 22.4 Å². The molecule has 0 fully saturated rings. The molecule has 0 saturated carbocycles. The number of aromatic nitrogens is 1. The van der Waals surface area contributed by atoms with Gasteiger partial charge in [-0.25, -0.2) is 0 Å². The van der Waals surface area contributed by atoms with Crippen LogP contribution in [-0.4, -0.2) is 22.5 Å². The van der Waals surface area contributed by atoms with Gasteiger partial charge in [0.05, 0.1) is 23.2 Å². The maximum Gasteiger partial charge on any atom is 0.246 e. The van der Waals surface area contributed by atoms with E-state index in [0.717, 1.165) is 22.4 Å². The minimum Gasteiger partial charge on any atom is -0.463 e. The van der Waals surface area contributed by atoms with E-state index >= 15 is 0 Å². The topological polar surface area (TPSA) is 76.6 Å². The van der Waals surface area contributed by atoms with Crippen molar-refractivity contribution in [1.82, 2.24) is 10.1 Å². The summed E-state index contributed by atoms with van der Waals surface area (Å²) < 4.78 is 11.1. The Morgan fingerprint density at radius 1 is 1.19 bits per heavy atom. The van der Waals surface area contributed by atoms with Crippen LogP contribution in [0, 0.1) is 6.92 Å². The summed E-state index contributed by atoms with van der Waals surface area (Å²) >= 11 is 5.98. The zero-order chi connectivity index (χ0) is 22.2. The number of hydrogen-bond donors (Lipinski definition) is 0. The molecule has 0 bridgehead atoms. The molecule has 1 aliphatic rings. The van der Waals surface area contributed by atoms with E-state index in [2.05, 4.69) is 5.16 Å². The molecule has 3 heterocycles. The zero-order valence-electron chi connectivity index (χ0n) is 17.3. The summed E-state index contributed by atoms with van der Waals surface area (Å²) in [6.07, 6.45) is 4.91. The molecule has 7 heteroatoms. The van der Waals surface area contributed by atoms with Gasteiger partial charge in [0, 0.05) is 35.2 Å². The van der Waals surface area contributed by atoms with Gasteiger partial charge in [0.25, 0.3) is 0 Å². The van der Waals surface area contributed by atoms with Crippen LogP contribution in [-0.2, 0) is 17.8 Å². The lowest BCUT2D eigenvalue weighted by Crippen LogP contribution is -2.34. The summed E-state index contributed by atoms with van der Waals surface area (Å²) in [5.41, 5.74) is 4.27. The number of nitrogens with zero attached hydrogens (tertiary/aromatic N) is 2. The molecule has 0 unspecified atom stereocenters. The minimum absolute atomic E-state index is 0.163. The molecular weight excluding hydrogens is 428 g/mol. The van der Waals surface area contributed by atoms with Gasteiger partial charge in [0.1, 0.15) is 11.8 Å². The lowest BCUT2D eigenvalue weighted by atomic mass is 10.0. The van der Waals surface area contributed by atoms with Gasteiger partial charge in [0.2, 0.25) is 5.91 Å². The van der Waals surface area contributed by atoms with Crippen molar-refractivity contribution in [2.24, 2.45) is 0 Å². The van der Waals surface area contributed by atoms with Crippen LogP contribution in [0.2, 0.25) is 5.02 Å². The van der Waals surface area contributed by atoms with Crippen molar-refractivity contribution in [2.45, 2.75) is 19.9 Å². The molecule has 32 heavy (non-hydrogen) atoms. The van der Waals surface area contributed by atoms with Crippen LogP contribution >= 0.6 is 11.6 Å². The predicted octanol–water partition coefficient (Wildman–Crippen LogP) is 5.01. The molecule has 5 rings (SSSR count). The second kappa shape index (κ2) is 8.13. The van der Waals surface area contributed by atoms with E-state index < -0.39 is 0 Å². The summed E-state index contributed by atoms with van der Waals surface area (Å²) in [6, 6.07) is 12.8. The van der Waals surface area contributed by atoms with Gasteiger partial charge in [-0.1, -0.05) is 28.4 Å². The first kappa shape index (κ1) is 20.3. The number of benzene rings is 2. The van der Waals surface area contributed by atoms with Gasteiger partial charge < -0.3 is 13.8 Å². The highest BCUT2D eigenvalue weighted by Gasteiger charge is 2.26. The highest BCUT2D eigenvalue weighted by Crippen LogP contribution is 2.31. The third kappa shape index (κ3) is 3.74. The lowest BCUT2D eigenvalue weighted by Gasteiger charge is -2.25. The molecule has 2 aromatic carbocycles. The first-order valence-electron chi connectivity index (χ1n) is 10.2. The number of hydrogen-bond acceptors (Lipinski definition) is 5. The Labute approximate surface area is 188 Å². The van der Waals surface area contributed by atoms with E-state index in [-0.39, 0.29) is 11.3 Å². The minimum atomic E-state index is -0.192. The first-order valence-corrected chi connectivity index (χ1v) is 10.6. The Kier molecular flexibility index (Phi) is 5.15. The third-order valence-corrected chi connectivity index (χ3v) is 5.87. The molecule has 1 aliphatic heterocycles. The van der Waals surface area contributed by atoms with Crippen molar-refractivity contribution in [3.05, 3.63) is 92.4 Å². The number of halogens is 1. The molecule has 0 spiro atoms. The molecular formula is C25H19ClN2O4. The van der Waals surface area contributed by atoms with E-state index in [1.165, 1.54) is 18.4 Å². The highest BCUT2D eigenvalue weighted by molar-refractivity contribution is 6.30. The lowest BCUT2D eigenvalue weighted by molar-refractivity contribution is -0.126. The fourth-order valence-electron chi connectivity index (χ4n) is 3.87. The molecule has 0 atom stereocenters. The molecule has 1 amide bonds. The Morgan fingerprint density at radius 3 is 2.81 bits per heavy atom. The van der Waals surface area contributed by atoms with Crippen molar-refractivity contribution in [3.8, 4) is 11.3 Å². The summed E-state index contributed by atoms with van der Waals surface area (Å²) in [5.74, 6) is 0.450. The Bertz CT molecular complexity index is 1420. The SMILES string of the molecule is Cc1ccc2occ(/C=C/C(=O)N3CCc4noc(-c5ccc(Cl)cc5)c4C3)c(=O)c2c1. The molecule has 0 aliphatic carbocycles. The van der Waals surface area contributed by atoms with Gasteiger partial charge in [0.15, 0.2) is 11.2 Å². The second-order valence-electron chi connectivity index (χ2n) is 7.81.